The Balaban J connectivity index is 1.36. The van der Waals surface area contributed by atoms with Crippen LogP contribution in [0, 0.1) is 0 Å². The minimum atomic E-state index is -0.917. The van der Waals surface area contributed by atoms with E-state index in [2.05, 4.69) is 16.0 Å². The quantitative estimate of drug-likeness (QED) is 0.269. The molecule has 0 saturated carbocycles. The number of amides is 1. The number of aliphatic hydroxyl groups is 2. The van der Waals surface area contributed by atoms with Crippen LogP contribution in [0.1, 0.15) is 6.92 Å². The number of hydrogen-bond acceptors (Lipinski definition) is 7. The van der Waals surface area contributed by atoms with Gasteiger partial charge in [0.25, 0.3) is 0 Å². The number of hydrogen-bond donors (Lipinski definition) is 5. The molecule has 0 aliphatic heterocycles. The Kier molecular flexibility index (Phi) is 8.93. The standard InChI is InChI=1S/C25H29N3O5/c1-18(29)27-20-7-9-21(10-8-20)28-25(31)17-33-24-13-11-23(12-14-24)32-16-22(30)15-26-19-5-3-2-4-6-19/h2-14,22,25-26,28,30-31H,15-17H2,1H3,(H,27,29). The van der Waals surface area contributed by atoms with Crippen LogP contribution < -0.4 is 25.4 Å². The van der Waals surface area contributed by atoms with E-state index in [1.54, 1.807) is 48.5 Å². The van der Waals surface area contributed by atoms with Crippen LogP contribution in [0.5, 0.6) is 11.5 Å². The molecule has 0 aromatic heterocycles. The third-order valence-corrected chi connectivity index (χ3v) is 4.53. The van der Waals surface area contributed by atoms with E-state index in [0.717, 1.165) is 5.69 Å². The highest BCUT2D eigenvalue weighted by Gasteiger charge is 2.08. The lowest BCUT2D eigenvalue weighted by Crippen LogP contribution is -2.26. The summed E-state index contributed by atoms with van der Waals surface area (Å²) < 4.78 is 11.2. The summed E-state index contributed by atoms with van der Waals surface area (Å²) in [5, 5.41) is 29.0. The van der Waals surface area contributed by atoms with Crippen molar-refractivity contribution >= 4 is 23.0 Å². The second kappa shape index (κ2) is 12.3. The molecule has 0 fully saturated rings. The van der Waals surface area contributed by atoms with Gasteiger partial charge in [-0.1, -0.05) is 18.2 Å². The number of ether oxygens (including phenoxy) is 2. The zero-order valence-electron chi connectivity index (χ0n) is 18.4. The third-order valence-electron chi connectivity index (χ3n) is 4.53. The smallest absolute Gasteiger partial charge is 0.221 e. The lowest BCUT2D eigenvalue weighted by molar-refractivity contribution is -0.114. The van der Waals surface area contributed by atoms with E-state index >= 15 is 0 Å². The molecule has 3 aromatic carbocycles. The highest BCUT2D eigenvalue weighted by molar-refractivity contribution is 5.88. The summed E-state index contributed by atoms with van der Waals surface area (Å²) in [6, 6.07) is 23.6. The fourth-order valence-electron chi connectivity index (χ4n) is 2.94. The summed E-state index contributed by atoms with van der Waals surface area (Å²) in [5.74, 6) is 1.05. The van der Waals surface area contributed by atoms with Crippen molar-refractivity contribution in [3.63, 3.8) is 0 Å². The van der Waals surface area contributed by atoms with E-state index in [-0.39, 0.29) is 19.1 Å². The summed E-state index contributed by atoms with van der Waals surface area (Å²) in [7, 11) is 0. The molecule has 2 unspecified atom stereocenters. The maximum Gasteiger partial charge on any atom is 0.221 e. The molecule has 2 atom stereocenters. The Labute approximate surface area is 193 Å². The first-order valence-electron chi connectivity index (χ1n) is 10.6. The summed E-state index contributed by atoms with van der Waals surface area (Å²) in [5.41, 5.74) is 2.32. The first-order valence-corrected chi connectivity index (χ1v) is 10.6. The lowest BCUT2D eigenvalue weighted by atomic mass is 10.2. The van der Waals surface area contributed by atoms with Crippen LogP contribution in [-0.4, -0.2) is 48.2 Å². The van der Waals surface area contributed by atoms with Gasteiger partial charge >= 0.3 is 0 Å². The predicted octanol–water partition coefficient (Wildman–Crippen LogP) is 3.31. The van der Waals surface area contributed by atoms with Gasteiger partial charge in [0, 0.05) is 30.5 Å². The number of carbonyl (C=O) groups excluding carboxylic acids is 1. The van der Waals surface area contributed by atoms with Gasteiger partial charge in [0.2, 0.25) is 5.91 Å². The van der Waals surface area contributed by atoms with Gasteiger partial charge in [-0.2, -0.15) is 0 Å². The summed E-state index contributed by atoms with van der Waals surface area (Å²) in [6.45, 7) is 2.02. The van der Waals surface area contributed by atoms with E-state index in [9.17, 15) is 15.0 Å². The van der Waals surface area contributed by atoms with Crippen LogP contribution in [-0.2, 0) is 4.79 Å². The van der Waals surface area contributed by atoms with Gasteiger partial charge in [-0.15, -0.1) is 0 Å². The second-order valence-electron chi connectivity index (χ2n) is 7.41. The van der Waals surface area contributed by atoms with E-state index in [0.29, 0.717) is 29.4 Å². The van der Waals surface area contributed by atoms with Gasteiger partial charge in [0.1, 0.15) is 30.8 Å². The van der Waals surface area contributed by atoms with E-state index in [1.165, 1.54) is 6.92 Å². The van der Waals surface area contributed by atoms with Crippen LogP contribution in [0.3, 0.4) is 0 Å². The predicted molar refractivity (Wildman–Crippen MR) is 129 cm³/mol. The van der Waals surface area contributed by atoms with Crippen molar-refractivity contribution < 1.29 is 24.5 Å². The number of nitrogens with one attached hydrogen (secondary N) is 3. The molecule has 0 aliphatic carbocycles. The number of benzene rings is 3. The number of anilines is 3. The Hall–Kier alpha value is -3.75. The number of aliphatic hydroxyl groups excluding tert-OH is 2. The van der Waals surface area contributed by atoms with Crippen LogP contribution >= 0.6 is 0 Å². The fraction of sp³-hybridized carbons (Fsp3) is 0.240. The van der Waals surface area contributed by atoms with Gasteiger partial charge in [-0.05, 0) is 60.7 Å². The van der Waals surface area contributed by atoms with Crippen LogP contribution in [0.15, 0.2) is 78.9 Å². The van der Waals surface area contributed by atoms with E-state index < -0.39 is 12.3 Å². The molecule has 33 heavy (non-hydrogen) atoms. The van der Waals surface area contributed by atoms with Crippen LogP contribution in [0.2, 0.25) is 0 Å². The zero-order chi connectivity index (χ0) is 23.5. The summed E-state index contributed by atoms with van der Waals surface area (Å²) in [6.07, 6.45) is -1.57. The van der Waals surface area contributed by atoms with Gasteiger partial charge in [0.15, 0.2) is 6.23 Å². The average molecular weight is 452 g/mol. The second-order valence-corrected chi connectivity index (χ2v) is 7.41. The van der Waals surface area contributed by atoms with E-state index in [1.807, 2.05) is 30.3 Å². The van der Waals surface area contributed by atoms with Crippen molar-refractivity contribution in [2.75, 3.05) is 35.7 Å². The minimum absolute atomic E-state index is 0.0392. The first kappa shape index (κ1) is 23.9. The third kappa shape index (κ3) is 8.72. The van der Waals surface area contributed by atoms with Crippen molar-refractivity contribution in [1.29, 1.82) is 0 Å². The molecule has 1 amide bonds. The molecule has 0 heterocycles. The molecule has 0 aliphatic rings. The highest BCUT2D eigenvalue weighted by Crippen LogP contribution is 2.19. The van der Waals surface area contributed by atoms with Crippen molar-refractivity contribution in [3.05, 3.63) is 78.9 Å². The molecule has 174 valence electrons. The van der Waals surface area contributed by atoms with Gasteiger partial charge in [-0.3, -0.25) is 4.79 Å². The summed E-state index contributed by atoms with van der Waals surface area (Å²) in [4.78, 5) is 11.1. The van der Waals surface area contributed by atoms with Crippen molar-refractivity contribution in [2.45, 2.75) is 19.3 Å². The molecule has 0 saturated heterocycles. The molecule has 5 N–H and O–H groups in total. The minimum Gasteiger partial charge on any atom is -0.491 e. The molecule has 3 aromatic rings. The normalized spacial score (nSPS) is 12.3. The zero-order valence-corrected chi connectivity index (χ0v) is 18.4. The molecule has 0 bridgehead atoms. The number of rotatable bonds is 12. The SMILES string of the molecule is CC(=O)Nc1ccc(NC(O)COc2ccc(OCC(O)CNc3ccccc3)cc2)cc1. The van der Waals surface area contributed by atoms with Gasteiger partial charge in [-0.25, -0.2) is 0 Å². The monoisotopic (exact) mass is 451 g/mol. The van der Waals surface area contributed by atoms with E-state index in [4.69, 9.17) is 9.47 Å². The molecule has 0 radical (unpaired) electrons. The van der Waals surface area contributed by atoms with Gasteiger partial charge in [0.05, 0.1) is 0 Å². The Morgan fingerprint density at radius 3 is 1.97 bits per heavy atom. The maximum atomic E-state index is 11.1. The molecule has 8 heteroatoms. The first-order chi connectivity index (χ1) is 16.0. The molecule has 0 spiro atoms. The molecular formula is C25H29N3O5. The molecule has 8 nitrogen and oxygen atoms in total. The highest BCUT2D eigenvalue weighted by atomic mass is 16.5. The lowest BCUT2D eigenvalue weighted by Gasteiger charge is -2.16. The Morgan fingerprint density at radius 1 is 0.788 bits per heavy atom. The van der Waals surface area contributed by atoms with Gasteiger partial charge < -0.3 is 35.6 Å². The molecular weight excluding hydrogens is 422 g/mol. The molecule has 3 rings (SSSR count). The topological polar surface area (TPSA) is 112 Å². The Morgan fingerprint density at radius 2 is 1.36 bits per heavy atom. The maximum absolute atomic E-state index is 11.1. The van der Waals surface area contributed by atoms with Crippen molar-refractivity contribution in [2.24, 2.45) is 0 Å². The number of carbonyl (C=O) groups is 1. The fourth-order valence-corrected chi connectivity index (χ4v) is 2.94. The Bertz CT molecular complexity index is 981. The largest absolute Gasteiger partial charge is 0.491 e. The van der Waals surface area contributed by atoms with Crippen LogP contribution in [0.4, 0.5) is 17.1 Å². The van der Waals surface area contributed by atoms with Crippen molar-refractivity contribution in [1.82, 2.24) is 0 Å². The average Bonchev–Trinajstić information content (AvgIpc) is 2.82. The van der Waals surface area contributed by atoms with Crippen LogP contribution in [0.25, 0.3) is 0 Å². The number of para-hydroxylation sites is 1. The van der Waals surface area contributed by atoms with Crippen molar-refractivity contribution in [3.8, 4) is 11.5 Å². The summed E-state index contributed by atoms with van der Waals surface area (Å²) >= 11 is 0.